The number of carbonyl (C=O) groups is 1. The van der Waals surface area contributed by atoms with E-state index in [2.05, 4.69) is 17.7 Å². The molecular weight excluding hydrogens is 190 g/mol. The molecule has 1 aliphatic rings. The maximum absolute atomic E-state index is 11.8. The van der Waals surface area contributed by atoms with Crippen LogP contribution in [0.3, 0.4) is 0 Å². The van der Waals surface area contributed by atoms with Crippen LogP contribution in [0.25, 0.3) is 0 Å². The van der Waals surface area contributed by atoms with Crippen molar-refractivity contribution in [2.75, 3.05) is 0 Å². The van der Waals surface area contributed by atoms with Gasteiger partial charge in [0.1, 0.15) is 5.66 Å². The van der Waals surface area contributed by atoms with Crippen LogP contribution in [0.5, 0.6) is 0 Å². The van der Waals surface area contributed by atoms with Crippen LogP contribution in [-0.4, -0.2) is 22.2 Å². The number of hydrogen-bond acceptors (Lipinski definition) is 2. The Morgan fingerprint density at radius 2 is 2.00 bits per heavy atom. The van der Waals surface area contributed by atoms with Crippen LogP contribution in [0, 0.1) is 0 Å². The number of carbonyl (C=O) groups excluding carboxylic acids is 1. The van der Waals surface area contributed by atoms with Gasteiger partial charge in [0.25, 0.3) is 0 Å². The normalized spacial score (nSPS) is 27.0. The van der Waals surface area contributed by atoms with Gasteiger partial charge in [-0.15, -0.1) is 0 Å². The molecule has 0 aromatic carbocycles. The van der Waals surface area contributed by atoms with E-state index < -0.39 is 0 Å². The van der Waals surface area contributed by atoms with E-state index in [0.29, 0.717) is 0 Å². The molecule has 1 unspecified atom stereocenters. The quantitative estimate of drug-likeness (QED) is 0.755. The number of hydrogen-bond donors (Lipinski definition) is 2. The Kier molecular flexibility index (Phi) is 3.28. The predicted octanol–water partition coefficient (Wildman–Crippen LogP) is 2.22. The molecule has 0 spiro atoms. The standard InChI is InChI=1S/C11H23N3O/c1-6-7-8-11(5)12-9(15)14(13-11)10(2,3)4/h13H,6-8H2,1-5H3,(H,12,15). The lowest BCUT2D eigenvalue weighted by molar-refractivity contribution is 0.106. The van der Waals surface area contributed by atoms with Crippen molar-refractivity contribution in [1.82, 2.24) is 15.8 Å². The van der Waals surface area contributed by atoms with Gasteiger partial charge >= 0.3 is 6.03 Å². The third-order valence-corrected chi connectivity index (χ3v) is 2.65. The summed E-state index contributed by atoms with van der Waals surface area (Å²) in [5.41, 5.74) is 2.80. The van der Waals surface area contributed by atoms with Crippen molar-refractivity contribution < 1.29 is 4.79 Å². The average Bonchev–Trinajstić information content (AvgIpc) is 2.39. The van der Waals surface area contributed by atoms with Crippen LogP contribution in [0.15, 0.2) is 0 Å². The highest BCUT2D eigenvalue weighted by atomic mass is 16.2. The third-order valence-electron chi connectivity index (χ3n) is 2.65. The van der Waals surface area contributed by atoms with Gasteiger partial charge in [0.2, 0.25) is 0 Å². The molecule has 0 aromatic heterocycles. The summed E-state index contributed by atoms with van der Waals surface area (Å²) < 4.78 is 0. The van der Waals surface area contributed by atoms with Gasteiger partial charge in [-0.1, -0.05) is 13.3 Å². The molecule has 4 nitrogen and oxygen atoms in total. The largest absolute Gasteiger partial charge is 0.333 e. The smallest absolute Gasteiger partial charge is 0.317 e. The molecule has 1 saturated heterocycles. The number of amides is 2. The molecule has 1 atom stereocenters. The number of nitrogens with zero attached hydrogens (tertiary/aromatic N) is 1. The van der Waals surface area contributed by atoms with E-state index in [-0.39, 0.29) is 17.2 Å². The van der Waals surface area contributed by atoms with Crippen LogP contribution in [-0.2, 0) is 0 Å². The van der Waals surface area contributed by atoms with Crippen LogP contribution >= 0.6 is 0 Å². The lowest BCUT2D eigenvalue weighted by Gasteiger charge is -2.32. The Morgan fingerprint density at radius 3 is 2.40 bits per heavy atom. The van der Waals surface area contributed by atoms with E-state index in [0.717, 1.165) is 19.3 Å². The highest BCUT2D eigenvalue weighted by Gasteiger charge is 2.42. The fraction of sp³-hybridized carbons (Fsp3) is 0.909. The minimum Gasteiger partial charge on any atom is -0.317 e. The zero-order chi connectivity index (χ0) is 11.7. The molecule has 1 heterocycles. The summed E-state index contributed by atoms with van der Waals surface area (Å²) in [5, 5.41) is 4.68. The van der Waals surface area contributed by atoms with Gasteiger partial charge in [0.05, 0.1) is 5.54 Å². The fourth-order valence-electron chi connectivity index (χ4n) is 1.74. The SMILES string of the molecule is CCCCC1(C)NC(=O)N(C(C)(C)C)N1. The van der Waals surface area contributed by atoms with E-state index in [9.17, 15) is 4.79 Å². The first-order valence-electron chi connectivity index (χ1n) is 5.69. The minimum absolute atomic E-state index is 0.0268. The Labute approximate surface area is 92.4 Å². The van der Waals surface area contributed by atoms with Gasteiger partial charge < -0.3 is 5.32 Å². The van der Waals surface area contributed by atoms with Gasteiger partial charge in [0.15, 0.2) is 0 Å². The average molecular weight is 213 g/mol. The Morgan fingerprint density at radius 1 is 1.40 bits per heavy atom. The molecule has 0 saturated carbocycles. The molecule has 2 N–H and O–H groups in total. The highest BCUT2D eigenvalue weighted by Crippen LogP contribution is 2.22. The van der Waals surface area contributed by atoms with Gasteiger partial charge in [-0.25, -0.2) is 10.2 Å². The van der Waals surface area contributed by atoms with Gasteiger partial charge in [-0.3, -0.25) is 5.01 Å². The number of urea groups is 1. The fourth-order valence-corrected chi connectivity index (χ4v) is 1.74. The Hall–Kier alpha value is -0.770. The van der Waals surface area contributed by atoms with Crippen LogP contribution in [0.2, 0.25) is 0 Å². The number of unbranched alkanes of at least 4 members (excludes halogenated alkanes) is 1. The van der Waals surface area contributed by atoms with Gasteiger partial charge in [0, 0.05) is 0 Å². The van der Waals surface area contributed by atoms with Crippen molar-refractivity contribution in [3.05, 3.63) is 0 Å². The van der Waals surface area contributed by atoms with Crippen molar-refractivity contribution in [3.8, 4) is 0 Å². The van der Waals surface area contributed by atoms with E-state index >= 15 is 0 Å². The second-order valence-corrected chi connectivity index (χ2v) is 5.48. The van der Waals surface area contributed by atoms with Crippen molar-refractivity contribution >= 4 is 6.03 Å². The summed E-state index contributed by atoms with van der Waals surface area (Å²) >= 11 is 0. The summed E-state index contributed by atoms with van der Waals surface area (Å²) in [6.07, 6.45) is 3.21. The molecule has 4 heteroatoms. The lowest BCUT2D eigenvalue weighted by atomic mass is 10.1. The summed E-state index contributed by atoms with van der Waals surface area (Å²) in [7, 11) is 0. The molecule has 1 aliphatic heterocycles. The van der Waals surface area contributed by atoms with E-state index in [1.165, 1.54) is 0 Å². The summed E-state index contributed by atoms with van der Waals surface area (Å²) in [6.45, 7) is 10.2. The first-order valence-corrected chi connectivity index (χ1v) is 5.69. The predicted molar refractivity (Wildman–Crippen MR) is 61.2 cm³/mol. The zero-order valence-electron chi connectivity index (χ0n) is 10.5. The monoisotopic (exact) mass is 213 g/mol. The maximum Gasteiger partial charge on any atom is 0.333 e. The van der Waals surface area contributed by atoms with Crippen molar-refractivity contribution in [2.45, 2.75) is 65.1 Å². The molecule has 0 radical (unpaired) electrons. The zero-order valence-corrected chi connectivity index (χ0v) is 10.5. The number of hydrazine groups is 1. The van der Waals surface area contributed by atoms with Crippen LogP contribution in [0.1, 0.15) is 53.9 Å². The first-order chi connectivity index (χ1) is 6.78. The molecule has 0 bridgehead atoms. The second-order valence-electron chi connectivity index (χ2n) is 5.48. The number of rotatable bonds is 3. The molecule has 88 valence electrons. The van der Waals surface area contributed by atoms with E-state index in [1.54, 1.807) is 5.01 Å². The van der Waals surface area contributed by atoms with E-state index in [1.807, 2.05) is 27.7 Å². The minimum atomic E-state index is -0.277. The molecule has 0 aromatic rings. The summed E-state index contributed by atoms with van der Waals surface area (Å²) in [6, 6.07) is -0.0268. The molecule has 1 rings (SSSR count). The highest BCUT2D eigenvalue weighted by molar-refractivity contribution is 5.77. The van der Waals surface area contributed by atoms with Crippen molar-refractivity contribution in [3.63, 3.8) is 0 Å². The second kappa shape index (κ2) is 4.00. The molecule has 0 aliphatic carbocycles. The maximum atomic E-state index is 11.8. The Bertz CT molecular complexity index is 247. The van der Waals surface area contributed by atoms with Gasteiger partial charge in [-0.2, -0.15) is 0 Å². The molecule has 15 heavy (non-hydrogen) atoms. The van der Waals surface area contributed by atoms with Crippen LogP contribution < -0.4 is 10.7 Å². The van der Waals surface area contributed by atoms with Crippen LogP contribution in [0.4, 0.5) is 4.79 Å². The van der Waals surface area contributed by atoms with Crippen molar-refractivity contribution in [1.29, 1.82) is 0 Å². The van der Waals surface area contributed by atoms with E-state index in [4.69, 9.17) is 0 Å². The molecule has 2 amide bonds. The number of nitrogens with one attached hydrogen (secondary N) is 2. The molecular formula is C11H23N3O. The summed E-state index contributed by atoms with van der Waals surface area (Å²) in [4.78, 5) is 11.8. The van der Waals surface area contributed by atoms with Crippen molar-refractivity contribution in [2.24, 2.45) is 0 Å². The third kappa shape index (κ3) is 2.84. The topological polar surface area (TPSA) is 44.4 Å². The Balaban J connectivity index is 2.66. The first kappa shape index (κ1) is 12.3. The van der Waals surface area contributed by atoms with Gasteiger partial charge in [-0.05, 0) is 40.5 Å². The molecule has 1 fully saturated rings. The summed E-state index contributed by atoms with van der Waals surface area (Å²) in [5.74, 6) is 0. The lowest BCUT2D eigenvalue weighted by Crippen LogP contribution is -2.53.